The smallest absolute Gasteiger partial charge is 0.360 e. The van der Waals surface area contributed by atoms with Gasteiger partial charge < -0.3 is 14.8 Å². The second-order valence-corrected chi connectivity index (χ2v) is 4.90. The minimum atomic E-state index is -0.602. The molecule has 0 fully saturated rings. The molecule has 0 aliphatic rings. The normalized spacial score (nSPS) is 11.0. The molecule has 0 atom stereocenters. The molecule has 23 heavy (non-hydrogen) atoms. The Kier molecular flexibility index (Phi) is 3.93. The van der Waals surface area contributed by atoms with Gasteiger partial charge in [0.05, 0.1) is 0 Å². The second-order valence-electron chi connectivity index (χ2n) is 4.90. The van der Waals surface area contributed by atoms with Crippen LogP contribution in [0.15, 0.2) is 69.9 Å². The molecule has 0 saturated carbocycles. The molecule has 0 bridgehead atoms. The highest BCUT2D eigenvalue weighted by Gasteiger charge is 2.06. The third kappa shape index (κ3) is 3.47. The largest absolute Gasteiger partial charge is 0.508 e. The van der Waals surface area contributed by atoms with E-state index in [4.69, 9.17) is 4.42 Å². The standard InChI is InChI=1S/C18H13NO4/c20-14-8-5-12(6-9-14)7-10-17(21)19-15-11-13-3-1-2-4-16(13)23-18(15)22/h1-11,20H,(H,19,21)/b10-7+. The molecule has 2 aromatic carbocycles. The van der Waals surface area contributed by atoms with Gasteiger partial charge in [-0.25, -0.2) is 4.79 Å². The summed E-state index contributed by atoms with van der Waals surface area (Å²) >= 11 is 0. The van der Waals surface area contributed by atoms with Crippen molar-refractivity contribution in [2.45, 2.75) is 0 Å². The number of hydrogen-bond acceptors (Lipinski definition) is 4. The Labute approximate surface area is 131 Å². The molecular formula is C18H13NO4. The first-order valence-electron chi connectivity index (χ1n) is 6.93. The van der Waals surface area contributed by atoms with E-state index in [1.54, 1.807) is 42.5 Å². The van der Waals surface area contributed by atoms with Crippen molar-refractivity contribution in [2.24, 2.45) is 0 Å². The number of carbonyl (C=O) groups excluding carboxylic acids is 1. The molecule has 5 heteroatoms. The van der Waals surface area contributed by atoms with Crippen LogP contribution in [0.3, 0.4) is 0 Å². The molecule has 0 radical (unpaired) electrons. The number of anilines is 1. The molecule has 1 aromatic heterocycles. The predicted octanol–water partition coefficient (Wildman–Crippen LogP) is 3.15. The average Bonchev–Trinajstić information content (AvgIpc) is 2.55. The fourth-order valence-electron chi connectivity index (χ4n) is 2.08. The van der Waals surface area contributed by atoms with Gasteiger partial charge in [0.15, 0.2) is 0 Å². The maximum atomic E-state index is 11.9. The molecule has 5 nitrogen and oxygen atoms in total. The summed E-state index contributed by atoms with van der Waals surface area (Å²) in [5.41, 5.74) is 0.706. The highest BCUT2D eigenvalue weighted by Crippen LogP contribution is 2.15. The number of benzene rings is 2. The zero-order chi connectivity index (χ0) is 16.2. The average molecular weight is 307 g/mol. The summed E-state index contributed by atoms with van der Waals surface area (Å²) in [6.45, 7) is 0. The molecule has 3 rings (SSSR count). The van der Waals surface area contributed by atoms with Crippen LogP contribution >= 0.6 is 0 Å². The van der Waals surface area contributed by atoms with Gasteiger partial charge in [-0.05, 0) is 35.9 Å². The summed E-state index contributed by atoms with van der Waals surface area (Å²) in [7, 11) is 0. The van der Waals surface area contributed by atoms with Gasteiger partial charge in [-0.2, -0.15) is 0 Å². The predicted molar refractivity (Wildman–Crippen MR) is 88.3 cm³/mol. The monoisotopic (exact) mass is 307 g/mol. The summed E-state index contributed by atoms with van der Waals surface area (Å²) in [6, 6.07) is 15.0. The van der Waals surface area contributed by atoms with E-state index in [0.717, 1.165) is 10.9 Å². The third-order valence-electron chi connectivity index (χ3n) is 3.22. The number of rotatable bonds is 3. The van der Waals surface area contributed by atoms with Crippen LogP contribution < -0.4 is 10.9 Å². The first-order chi connectivity index (χ1) is 11.1. The van der Waals surface area contributed by atoms with Crippen molar-refractivity contribution in [1.82, 2.24) is 0 Å². The number of phenols is 1. The Morgan fingerprint density at radius 3 is 2.61 bits per heavy atom. The maximum absolute atomic E-state index is 11.9. The van der Waals surface area contributed by atoms with Gasteiger partial charge in [0, 0.05) is 11.5 Å². The zero-order valence-electron chi connectivity index (χ0n) is 12.0. The number of phenolic OH excluding ortho intramolecular Hbond substituents is 1. The minimum absolute atomic E-state index is 0.0871. The van der Waals surface area contributed by atoms with Gasteiger partial charge in [-0.15, -0.1) is 0 Å². The van der Waals surface area contributed by atoms with Crippen molar-refractivity contribution in [3.05, 3.63) is 76.7 Å². The summed E-state index contributed by atoms with van der Waals surface area (Å²) in [5, 5.41) is 12.4. The topological polar surface area (TPSA) is 79.5 Å². The third-order valence-corrected chi connectivity index (χ3v) is 3.22. The van der Waals surface area contributed by atoms with Crippen LogP contribution in [0, 0.1) is 0 Å². The molecule has 0 aliphatic heterocycles. The molecule has 114 valence electrons. The zero-order valence-corrected chi connectivity index (χ0v) is 12.0. The van der Waals surface area contributed by atoms with Crippen molar-refractivity contribution >= 4 is 28.6 Å². The van der Waals surface area contributed by atoms with Gasteiger partial charge in [-0.3, -0.25) is 4.79 Å². The lowest BCUT2D eigenvalue weighted by Crippen LogP contribution is -2.15. The van der Waals surface area contributed by atoms with Crippen molar-refractivity contribution in [1.29, 1.82) is 0 Å². The molecular weight excluding hydrogens is 294 g/mol. The van der Waals surface area contributed by atoms with Crippen molar-refractivity contribution in [2.75, 3.05) is 5.32 Å². The molecule has 0 unspecified atom stereocenters. The second kappa shape index (κ2) is 6.19. The Bertz CT molecular complexity index is 939. The van der Waals surface area contributed by atoms with Gasteiger partial charge in [0.25, 0.3) is 0 Å². The van der Waals surface area contributed by atoms with Crippen LogP contribution in [0.1, 0.15) is 5.56 Å². The molecule has 0 spiro atoms. The highest BCUT2D eigenvalue weighted by atomic mass is 16.4. The molecule has 3 aromatic rings. The summed E-state index contributed by atoms with van der Waals surface area (Å²) < 4.78 is 5.15. The van der Waals surface area contributed by atoms with Crippen LogP contribution in [0.4, 0.5) is 5.69 Å². The van der Waals surface area contributed by atoms with E-state index in [-0.39, 0.29) is 11.4 Å². The van der Waals surface area contributed by atoms with Crippen LogP contribution in [-0.2, 0) is 4.79 Å². The quantitative estimate of drug-likeness (QED) is 0.575. The van der Waals surface area contributed by atoms with Crippen molar-refractivity contribution < 1.29 is 14.3 Å². The van der Waals surface area contributed by atoms with Crippen molar-refractivity contribution in [3.63, 3.8) is 0 Å². The van der Waals surface area contributed by atoms with Crippen LogP contribution in [0.2, 0.25) is 0 Å². The number of fused-ring (bicyclic) bond motifs is 1. The molecule has 1 amide bonds. The van der Waals surface area contributed by atoms with E-state index in [1.807, 2.05) is 6.07 Å². The summed E-state index contributed by atoms with van der Waals surface area (Å²) in [5.74, 6) is -0.291. The number of nitrogens with one attached hydrogen (secondary N) is 1. The maximum Gasteiger partial charge on any atom is 0.360 e. The number of carbonyl (C=O) groups is 1. The molecule has 0 saturated heterocycles. The lowest BCUT2D eigenvalue weighted by Gasteiger charge is -2.02. The first kappa shape index (κ1) is 14.6. The summed E-state index contributed by atoms with van der Waals surface area (Å²) in [6.07, 6.45) is 2.89. The first-order valence-corrected chi connectivity index (χ1v) is 6.93. The fourth-order valence-corrected chi connectivity index (χ4v) is 2.08. The number of amides is 1. The molecule has 2 N–H and O–H groups in total. The molecule has 0 aliphatic carbocycles. The highest BCUT2D eigenvalue weighted by molar-refractivity contribution is 6.02. The van der Waals surface area contributed by atoms with E-state index in [0.29, 0.717) is 5.58 Å². The number of hydrogen-bond donors (Lipinski definition) is 2. The lowest BCUT2D eigenvalue weighted by molar-refractivity contribution is -0.111. The van der Waals surface area contributed by atoms with E-state index < -0.39 is 11.5 Å². The SMILES string of the molecule is O=C(/C=C/c1ccc(O)cc1)Nc1cc2ccccc2oc1=O. The fraction of sp³-hybridized carbons (Fsp3) is 0. The van der Waals surface area contributed by atoms with Gasteiger partial charge >= 0.3 is 5.63 Å². The number of aromatic hydroxyl groups is 1. The van der Waals surface area contributed by atoms with E-state index in [1.165, 1.54) is 18.2 Å². The van der Waals surface area contributed by atoms with Gasteiger partial charge in [-0.1, -0.05) is 30.3 Å². The van der Waals surface area contributed by atoms with Gasteiger partial charge in [0.1, 0.15) is 17.0 Å². The van der Waals surface area contributed by atoms with Crippen LogP contribution in [0.5, 0.6) is 5.75 Å². The van der Waals surface area contributed by atoms with E-state index in [2.05, 4.69) is 5.32 Å². The number of para-hydroxylation sites is 1. The minimum Gasteiger partial charge on any atom is -0.508 e. The Morgan fingerprint density at radius 2 is 1.83 bits per heavy atom. The van der Waals surface area contributed by atoms with Crippen LogP contribution in [-0.4, -0.2) is 11.0 Å². The lowest BCUT2D eigenvalue weighted by atomic mass is 10.2. The Morgan fingerprint density at radius 1 is 1.09 bits per heavy atom. The Balaban J connectivity index is 1.78. The van der Waals surface area contributed by atoms with E-state index >= 15 is 0 Å². The van der Waals surface area contributed by atoms with Crippen molar-refractivity contribution in [3.8, 4) is 5.75 Å². The molecule has 1 heterocycles. The summed E-state index contributed by atoms with van der Waals surface area (Å²) in [4.78, 5) is 23.8. The van der Waals surface area contributed by atoms with Crippen LogP contribution in [0.25, 0.3) is 17.0 Å². The van der Waals surface area contributed by atoms with Gasteiger partial charge in [0.2, 0.25) is 5.91 Å². The Hall–Kier alpha value is -3.34. The van der Waals surface area contributed by atoms with E-state index in [9.17, 15) is 14.7 Å².